The Balaban J connectivity index is 2.19. The molecule has 0 spiro atoms. The molecular weight excluding hydrogens is 262 g/mol. The summed E-state index contributed by atoms with van der Waals surface area (Å²) < 4.78 is 0. The number of anilines is 2. The van der Waals surface area contributed by atoms with Crippen LogP contribution in [0, 0.1) is 13.8 Å². The first-order chi connectivity index (χ1) is 9.86. The lowest BCUT2D eigenvalue weighted by Crippen LogP contribution is -2.26. The van der Waals surface area contributed by atoms with Crippen molar-refractivity contribution in [2.24, 2.45) is 0 Å². The van der Waals surface area contributed by atoms with Crippen molar-refractivity contribution in [3.8, 4) is 0 Å². The number of benzene rings is 2. The molecule has 0 heterocycles. The van der Waals surface area contributed by atoms with Crippen molar-refractivity contribution in [3.05, 3.63) is 58.7 Å². The van der Waals surface area contributed by atoms with Gasteiger partial charge < -0.3 is 16.4 Å². The fourth-order valence-electron chi connectivity index (χ4n) is 2.37. The molecule has 21 heavy (non-hydrogen) atoms. The van der Waals surface area contributed by atoms with Gasteiger partial charge in [-0.25, -0.2) is 0 Å². The third-order valence-electron chi connectivity index (χ3n) is 3.48. The van der Waals surface area contributed by atoms with Gasteiger partial charge >= 0.3 is 0 Å². The number of hydrogen-bond donors (Lipinski definition) is 2. The number of aryl methyl sites for hydroxylation is 2. The highest BCUT2D eigenvalue weighted by Gasteiger charge is 2.14. The van der Waals surface area contributed by atoms with E-state index >= 15 is 0 Å². The van der Waals surface area contributed by atoms with Gasteiger partial charge in [-0.05, 0) is 43.2 Å². The molecule has 2 aromatic carbocycles. The molecule has 0 bridgehead atoms. The first kappa shape index (κ1) is 14.9. The van der Waals surface area contributed by atoms with E-state index in [-0.39, 0.29) is 5.91 Å². The van der Waals surface area contributed by atoms with E-state index in [0.29, 0.717) is 23.5 Å². The summed E-state index contributed by atoms with van der Waals surface area (Å²) in [6.07, 6.45) is 0. The molecule has 0 aliphatic rings. The highest BCUT2D eigenvalue weighted by atomic mass is 16.2. The average Bonchev–Trinajstić information content (AvgIpc) is 2.40. The molecule has 1 amide bonds. The minimum absolute atomic E-state index is 0.0889. The quantitative estimate of drug-likeness (QED) is 0.851. The molecule has 110 valence electrons. The number of carbonyl (C=O) groups is 1. The van der Waals surface area contributed by atoms with Crippen LogP contribution in [-0.2, 0) is 6.54 Å². The van der Waals surface area contributed by atoms with E-state index in [4.69, 9.17) is 11.5 Å². The molecule has 0 aliphatic carbocycles. The summed E-state index contributed by atoms with van der Waals surface area (Å²) in [5.74, 6) is -0.0889. The molecule has 2 rings (SSSR count). The molecule has 0 unspecified atom stereocenters. The molecule has 0 aliphatic heterocycles. The summed E-state index contributed by atoms with van der Waals surface area (Å²) in [5.41, 5.74) is 16.5. The summed E-state index contributed by atoms with van der Waals surface area (Å²) >= 11 is 0. The third-order valence-corrected chi connectivity index (χ3v) is 3.48. The van der Waals surface area contributed by atoms with E-state index in [1.807, 2.05) is 0 Å². The number of nitrogens with two attached hydrogens (primary N) is 2. The highest BCUT2D eigenvalue weighted by Crippen LogP contribution is 2.17. The number of rotatable bonds is 3. The van der Waals surface area contributed by atoms with Crippen LogP contribution in [0.5, 0.6) is 0 Å². The molecule has 0 radical (unpaired) electrons. The monoisotopic (exact) mass is 283 g/mol. The Kier molecular flexibility index (Phi) is 4.17. The van der Waals surface area contributed by atoms with E-state index in [2.05, 4.69) is 32.0 Å². The highest BCUT2D eigenvalue weighted by molar-refractivity contribution is 5.96. The van der Waals surface area contributed by atoms with Crippen LogP contribution in [0.3, 0.4) is 0 Å². The van der Waals surface area contributed by atoms with E-state index in [9.17, 15) is 4.79 Å². The molecule has 4 nitrogen and oxygen atoms in total. The van der Waals surface area contributed by atoms with Crippen molar-refractivity contribution < 1.29 is 4.79 Å². The number of amides is 1. The lowest BCUT2D eigenvalue weighted by atomic mass is 10.0. The van der Waals surface area contributed by atoms with Crippen molar-refractivity contribution in [3.63, 3.8) is 0 Å². The summed E-state index contributed by atoms with van der Waals surface area (Å²) in [4.78, 5) is 14.1. The molecule has 4 N–H and O–H groups in total. The Morgan fingerprint density at radius 2 is 1.67 bits per heavy atom. The topological polar surface area (TPSA) is 72.3 Å². The zero-order valence-corrected chi connectivity index (χ0v) is 12.7. The number of hydrogen-bond acceptors (Lipinski definition) is 3. The predicted octanol–water partition coefficient (Wildman–Crippen LogP) is 2.74. The summed E-state index contributed by atoms with van der Waals surface area (Å²) in [7, 11) is 1.78. The Morgan fingerprint density at radius 1 is 1.05 bits per heavy atom. The van der Waals surface area contributed by atoms with Gasteiger partial charge in [-0.15, -0.1) is 0 Å². The van der Waals surface area contributed by atoms with Crippen molar-refractivity contribution >= 4 is 17.3 Å². The lowest BCUT2D eigenvalue weighted by molar-refractivity contribution is 0.0785. The molecule has 0 aromatic heterocycles. The summed E-state index contributed by atoms with van der Waals surface area (Å²) in [6, 6.07) is 11.2. The lowest BCUT2D eigenvalue weighted by Gasteiger charge is -2.19. The van der Waals surface area contributed by atoms with Gasteiger partial charge in [0, 0.05) is 30.5 Å². The number of nitrogen functional groups attached to an aromatic ring is 2. The maximum absolute atomic E-state index is 12.4. The number of carbonyl (C=O) groups excluding carboxylic acids is 1. The predicted molar refractivity (Wildman–Crippen MR) is 87.0 cm³/mol. The maximum Gasteiger partial charge on any atom is 0.254 e. The molecular formula is C17H21N3O. The first-order valence-corrected chi connectivity index (χ1v) is 6.84. The van der Waals surface area contributed by atoms with E-state index < -0.39 is 0 Å². The van der Waals surface area contributed by atoms with Crippen molar-refractivity contribution in [1.29, 1.82) is 0 Å². The molecule has 0 saturated carbocycles. The Morgan fingerprint density at radius 3 is 2.24 bits per heavy atom. The summed E-state index contributed by atoms with van der Waals surface area (Å²) in [6.45, 7) is 4.67. The van der Waals surface area contributed by atoms with E-state index in [0.717, 1.165) is 5.56 Å². The largest absolute Gasteiger partial charge is 0.399 e. The molecule has 0 fully saturated rings. The second kappa shape index (κ2) is 5.87. The minimum atomic E-state index is -0.0889. The third kappa shape index (κ3) is 3.54. The SMILES string of the molecule is Cc1ccc(CN(C)C(=O)c2cc(N)cc(N)c2)c(C)c1. The Labute approximate surface area is 125 Å². The first-order valence-electron chi connectivity index (χ1n) is 6.84. The molecule has 0 atom stereocenters. The second-order valence-corrected chi connectivity index (χ2v) is 5.48. The van der Waals surface area contributed by atoms with Gasteiger partial charge in [0.25, 0.3) is 5.91 Å². The van der Waals surface area contributed by atoms with Crippen LogP contribution in [0.25, 0.3) is 0 Å². The van der Waals surface area contributed by atoms with Gasteiger partial charge in [0.2, 0.25) is 0 Å². The van der Waals surface area contributed by atoms with Gasteiger partial charge in [0.15, 0.2) is 0 Å². The van der Waals surface area contributed by atoms with Gasteiger partial charge in [-0.2, -0.15) is 0 Å². The molecule has 4 heteroatoms. The van der Waals surface area contributed by atoms with Gasteiger partial charge in [0.1, 0.15) is 0 Å². The van der Waals surface area contributed by atoms with Crippen LogP contribution in [0.1, 0.15) is 27.0 Å². The minimum Gasteiger partial charge on any atom is -0.399 e. The zero-order valence-electron chi connectivity index (χ0n) is 12.7. The Bertz CT molecular complexity index is 659. The van der Waals surface area contributed by atoms with Crippen molar-refractivity contribution in [2.75, 3.05) is 18.5 Å². The van der Waals surface area contributed by atoms with E-state index in [1.54, 1.807) is 30.1 Å². The van der Waals surface area contributed by atoms with Crippen LogP contribution in [0.2, 0.25) is 0 Å². The van der Waals surface area contributed by atoms with Gasteiger partial charge in [-0.3, -0.25) is 4.79 Å². The Hall–Kier alpha value is -2.49. The molecule has 2 aromatic rings. The van der Waals surface area contributed by atoms with Crippen LogP contribution >= 0.6 is 0 Å². The fourth-order valence-corrected chi connectivity index (χ4v) is 2.37. The van der Waals surface area contributed by atoms with Crippen molar-refractivity contribution in [2.45, 2.75) is 20.4 Å². The van der Waals surface area contributed by atoms with E-state index in [1.165, 1.54) is 11.1 Å². The van der Waals surface area contributed by atoms with Crippen LogP contribution in [0.15, 0.2) is 36.4 Å². The standard InChI is InChI=1S/C17H21N3O/c1-11-4-5-13(12(2)6-11)10-20(3)17(21)14-7-15(18)9-16(19)8-14/h4-9H,10,18-19H2,1-3H3. The van der Waals surface area contributed by atoms with Crippen LogP contribution < -0.4 is 11.5 Å². The van der Waals surface area contributed by atoms with Crippen LogP contribution in [-0.4, -0.2) is 17.9 Å². The summed E-state index contributed by atoms with van der Waals surface area (Å²) in [5, 5.41) is 0. The number of nitrogens with zero attached hydrogens (tertiary/aromatic N) is 1. The fraction of sp³-hybridized carbons (Fsp3) is 0.235. The second-order valence-electron chi connectivity index (χ2n) is 5.48. The van der Waals surface area contributed by atoms with Gasteiger partial charge in [0.05, 0.1) is 0 Å². The van der Waals surface area contributed by atoms with Crippen molar-refractivity contribution in [1.82, 2.24) is 4.90 Å². The molecule has 0 saturated heterocycles. The average molecular weight is 283 g/mol. The normalized spacial score (nSPS) is 10.4. The van der Waals surface area contributed by atoms with Gasteiger partial charge in [-0.1, -0.05) is 23.8 Å². The van der Waals surface area contributed by atoms with Crippen LogP contribution in [0.4, 0.5) is 11.4 Å². The maximum atomic E-state index is 12.4. The zero-order chi connectivity index (χ0) is 15.6. The smallest absolute Gasteiger partial charge is 0.254 e.